The molecule has 1 atom stereocenters. The molecule has 0 spiro atoms. The third-order valence-electron chi connectivity index (χ3n) is 4.26. The van der Waals surface area contributed by atoms with E-state index in [0.29, 0.717) is 6.61 Å². The Morgan fingerprint density at radius 3 is 1.57 bits per heavy atom. The monoisotopic (exact) mass is 551 g/mol. The zero-order chi connectivity index (χ0) is 27.9. The fraction of sp³-hybridized carbons (Fsp3) is 0.941. The van der Waals surface area contributed by atoms with Crippen LogP contribution in [0.25, 0.3) is 0 Å². The summed E-state index contributed by atoms with van der Waals surface area (Å²) in [6.45, 7) is 1.76. The first-order valence-electron chi connectivity index (χ1n) is 9.65. The molecule has 35 heavy (non-hydrogen) atoms. The summed E-state index contributed by atoms with van der Waals surface area (Å²) in [5.74, 6) is -38.9. The Hall–Kier alpha value is -1.56. The maximum absolute atomic E-state index is 13.7. The van der Waals surface area contributed by atoms with Gasteiger partial charge in [0.05, 0.1) is 19.8 Å². The zero-order valence-corrected chi connectivity index (χ0v) is 17.9. The molecule has 0 saturated heterocycles. The van der Waals surface area contributed by atoms with Gasteiger partial charge in [-0.1, -0.05) is 6.92 Å². The van der Waals surface area contributed by atoms with Gasteiger partial charge in [0.15, 0.2) is 0 Å². The average Bonchev–Trinajstić information content (AvgIpc) is 2.72. The van der Waals surface area contributed by atoms with Gasteiger partial charge < -0.3 is 19.9 Å². The molecule has 5 nitrogen and oxygen atoms in total. The van der Waals surface area contributed by atoms with E-state index in [1.807, 2.05) is 6.92 Å². The van der Waals surface area contributed by atoms with E-state index in [0.717, 1.165) is 6.42 Å². The molecule has 0 saturated carbocycles. The van der Waals surface area contributed by atoms with Crippen LogP contribution in [0.15, 0.2) is 0 Å². The Bertz CT molecular complexity index is 671. The summed E-state index contributed by atoms with van der Waals surface area (Å²) in [5.41, 5.74) is 5.07. The minimum Gasteiger partial charge on any atom is -0.462 e. The Morgan fingerprint density at radius 1 is 0.686 bits per heavy atom. The summed E-state index contributed by atoms with van der Waals surface area (Å²) in [6, 6.07) is -2.20. The summed E-state index contributed by atoms with van der Waals surface area (Å²) in [7, 11) is 0. The van der Waals surface area contributed by atoms with Crippen LogP contribution in [0.5, 0.6) is 0 Å². The van der Waals surface area contributed by atoms with Crippen LogP contribution >= 0.6 is 0 Å². The number of carbonyl (C=O) groups excluding carboxylic acids is 1. The fourth-order valence-corrected chi connectivity index (χ4v) is 2.19. The second-order valence-corrected chi connectivity index (χ2v) is 7.04. The molecule has 2 N–H and O–H groups in total. The molecule has 0 aliphatic rings. The molecule has 0 aliphatic heterocycles. The Morgan fingerprint density at radius 2 is 1.11 bits per heavy atom. The Labute approximate surface area is 190 Å². The predicted octanol–water partition coefficient (Wildman–Crippen LogP) is 4.82. The molecule has 0 bridgehead atoms. The number of carbonyl (C=O) groups is 1. The zero-order valence-electron chi connectivity index (χ0n) is 17.9. The lowest BCUT2D eigenvalue weighted by molar-refractivity contribution is -0.440. The molecular formula is C17H22F13NO4. The van der Waals surface area contributed by atoms with Gasteiger partial charge in [-0.3, -0.25) is 4.79 Å². The standard InChI is InChI=1S/C17H22F13NO4/c1-2-5-33-6-7-34-8-9-35-11(32)10(31)3-4-12(18,19)13(20,21)14(22,23)15(24,25)16(26,27)17(28,29)30/h10H,2-9,31H2,1H3. The van der Waals surface area contributed by atoms with Crippen LogP contribution in [0.2, 0.25) is 0 Å². The third kappa shape index (κ3) is 7.47. The molecular weight excluding hydrogens is 529 g/mol. The second kappa shape index (κ2) is 12.1. The number of halogens is 13. The summed E-state index contributed by atoms with van der Waals surface area (Å²) >= 11 is 0. The van der Waals surface area contributed by atoms with E-state index in [1.165, 1.54) is 0 Å². The topological polar surface area (TPSA) is 70.8 Å². The first-order chi connectivity index (χ1) is 15.6. The van der Waals surface area contributed by atoms with Crippen LogP contribution in [0.3, 0.4) is 0 Å². The van der Waals surface area contributed by atoms with Crippen molar-refractivity contribution < 1.29 is 76.1 Å². The highest BCUT2D eigenvalue weighted by molar-refractivity contribution is 5.75. The highest BCUT2D eigenvalue weighted by atomic mass is 19.4. The Kier molecular flexibility index (Phi) is 11.6. The fourth-order valence-electron chi connectivity index (χ4n) is 2.19. The van der Waals surface area contributed by atoms with Crippen molar-refractivity contribution >= 4 is 5.97 Å². The van der Waals surface area contributed by atoms with Crippen LogP contribution < -0.4 is 5.73 Å². The van der Waals surface area contributed by atoms with E-state index in [-0.39, 0.29) is 19.8 Å². The SMILES string of the molecule is CCCOCCOCCOC(=O)C(N)CCC(F)(F)C(F)(F)C(F)(F)C(F)(F)C(F)(F)C(F)(F)F. The lowest BCUT2D eigenvalue weighted by atomic mass is 9.91. The Balaban J connectivity index is 5.09. The number of hydrogen-bond donors (Lipinski definition) is 1. The quantitative estimate of drug-likeness (QED) is 0.169. The molecule has 0 aromatic carbocycles. The maximum Gasteiger partial charge on any atom is 0.460 e. The van der Waals surface area contributed by atoms with Gasteiger partial charge in [0, 0.05) is 13.0 Å². The molecule has 18 heteroatoms. The molecule has 0 heterocycles. The molecule has 0 amide bonds. The van der Waals surface area contributed by atoms with Crippen molar-refractivity contribution in [3.8, 4) is 0 Å². The molecule has 0 radical (unpaired) electrons. The van der Waals surface area contributed by atoms with E-state index in [2.05, 4.69) is 4.74 Å². The van der Waals surface area contributed by atoms with Crippen LogP contribution in [-0.4, -0.2) is 80.8 Å². The van der Waals surface area contributed by atoms with Crippen molar-refractivity contribution in [2.45, 2.75) is 68.0 Å². The van der Waals surface area contributed by atoms with Crippen molar-refractivity contribution in [3.63, 3.8) is 0 Å². The minimum absolute atomic E-state index is 0.0666. The van der Waals surface area contributed by atoms with Crippen molar-refractivity contribution in [1.82, 2.24) is 0 Å². The number of hydrogen-bond acceptors (Lipinski definition) is 5. The summed E-state index contributed by atoms with van der Waals surface area (Å²) in [6.07, 6.45) is -10.9. The van der Waals surface area contributed by atoms with Crippen LogP contribution in [0.4, 0.5) is 57.1 Å². The normalized spacial score (nSPS) is 15.3. The van der Waals surface area contributed by atoms with Crippen LogP contribution in [0, 0.1) is 0 Å². The molecule has 0 rings (SSSR count). The third-order valence-corrected chi connectivity index (χ3v) is 4.26. The number of rotatable bonds is 16. The number of esters is 1. The van der Waals surface area contributed by atoms with Crippen molar-refractivity contribution in [1.29, 1.82) is 0 Å². The lowest BCUT2D eigenvalue weighted by Gasteiger charge is -2.39. The van der Waals surface area contributed by atoms with Crippen molar-refractivity contribution in [2.75, 3.05) is 33.0 Å². The van der Waals surface area contributed by atoms with Crippen molar-refractivity contribution in [3.05, 3.63) is 0 Å². The molecule has 0 aromatic heterocycles. The van der Waals surface area contributed by atoms with Gasteiger partial charge in [0.1, 0.15) is 12.6 Å². The van der Waals surface area contributed by atoms with Gasteiger partial charge in [0.2, 0.25) is 0 Å². The van der Waals surface area contributed by atoms with Gasteiger partial charge in [0.25, 0.3) is 0 Å². The highest BCUT2D eigenvalue weighted by Gasteiger charge is 2.90. The molecule has 0 aromatic rings. The van der Waals surface area contributed by atoms with Gasteiger partial charge in [-0.2, -0.15) is 57.1 Å². The van der Waals surface area contributed by atoms with Crippen molar-refractivity contribution in [2.24, 2.45) is 5.73 Å². The number of alkyl halides is 13. The lowest BCUT2D eigenvalue weighted by Crippen LogP contribution is -2.70. The first kappa shape index (κ1) is 33.4. The van der Waals surface area contributed by atoms with E-state index >= 15 is 0 Å². The summed E-state index contributed by atoms with van der Waals surface area (Å²) < 4.78 is 184. The van der Waals surface area contributed by atoms with Crippen LogP contribution in [0.1, 0.15) is 26.2 Å². The molecule has 0 aliphatic carbocycles. The predicted molar refractivity (Wildman–Crippen MR) is 90.9 cm³/mol. The summed E-state index contributed by atoms with van der Waals surface area (Å²) in [5, 5.41) is 0. The smallest absolute Gasteiger partial charge is 0.460 e. The molecule has 1 unspecified atom stereocenters. The van der Waals surface area contributed by atoms with Gasteiger partial charge >= 0.3 is 41.8 Å². The van der Waals surface area contributed by atoms with E-state index in [4.69, 9.17) is 15.2 Å². The second-order valence-electron chi connectivity index (χ2n) is 7.04. The van der Waals surface area contributed by atoms with E-state index in [9.17, 15) is 61.9 Å². The van der Waals surface area contributed by atoms with E-state index in [1.54, 1.807) is 0 Å². The summed E-state index contributed by atoms with van der Waals surface area (Å²) in [4.78, 5) is 11.5. The van der Waals surface area contributed by atoms with Gasteiger partial charge in [-0.15, -0.1) is 0 Å². The van der Waals surface area contributed by atoms with Gasteiger partial charge in [-0.25, -0.2) is 0 Å². The maximum atomic E-state index is 13.7. The highest BCUT2D eigenvalue weighted by Crippen LogP contribution is 2.60. The average molecular weight is 551 g/mol. The largest absolute Gasteiger partial charge is 0.462 e. The molecule has 210 valence electrons. The number of ether oxygens (including phenoxy) is 3. The molecule has 0 fully saturated rings. The van der Waals surface area contributed by atoms with Gasteiger partial charge in [-0.05, 0) is 12.8 Å². The van der Waals surface area contributed by atoms with E-state index < -0.39 is 67.2 Å². The number of nitrogens with two attached hydrogens (primary N) is 1. The first-order valence-corrected chi connectivity index (χ1v) is 9.65. The van der Waals surface area contributed by atoms with Crippen LogP contribution in [-0.2, 0) is 19.0 Å². The minimum atomic E-state index is -7.98.